The van der Waals surface area contributed by atoms with Crippen molar-refractivity contribution in [1.82, 2.24) is 4.90 Å². The van der Waals surface area contributed by atoms with Gasteiger partial charge in [0.1, 0.15) is 11.6 Å². The normalized spacial score (nSPS) is 22.8. The minimum absolute atomic E-state index is 0.137. The molecule has 1 N–H and O–H groups in total. The van der Waals surface area contributed by atoms with Crippen LogP contribution in [-0.4, -0.2) is 48.7 Å². The van der Waals surface area contributed by atoms with Crippen molar-refractivity contribution in [3.8, 4) is 6.07 Å². The smallest absolute Gasteiger partial charge is 0.396 e. The first-order chi connectivity index (χ1) is 15.6. The van der Waals surface area contributed by atoms with Crippen LogP contribution in [0.2, 0.25) is 0 Å². The van der Waals surface area contributed by atoms with Crippen LogP contribution in [-0.2, 0) is 6.18 Å². The highest BCUT2D eigenvalue weighted by Crippen LogP contribution is 2.44. The largest absolute Gasteiger partial charge is 0.417 e. The molecule has 4 rings (SSSR count). The maximum atomic E-state index is 14.1. The summed E-state index contributed by atoms with van der Waals surface area (Å²) < 4.78 is 67.8. The van der Waals surface area contributed by atoms with Crippen molar-refractivity contribution in [3.63, 3.8) is 0 Å². The van der Waals surface area contributed by atoms with Gasteiger partial charge in [-0.3, -0.25) is 4.79 Å². The average molecular weight is 465 g/mol. The summed E-state index contributed by atoms with van der Waals surface area (Å²) in [6, 6.07) is 7.67. The average Bonchev–Trinajstić information content (AvgIpc) is 3.18. The Hall–Kier alpha value is -3.19. The number of carbonyl (C=O) groups excluding carboxylic acids is 1. The fourth-order valence-corrected chi connectivity index (χ4v) is 4.82. The molecular weight excluding hydrogens is 445 g/mol. The van der Waals surface area contributed by atoms with E-state index in [1.165, 1.54) is 11.0 Å². The number of likely N-dealkylation sites (tertiary alicyclic amines) is 1. The number of halogens is 5. The molecule has 2 heterocycles. The fraction of sp³-hybridized carbons (Fsp3) is 0.391. The maximum absolute atomic E-state index is 14.1. The topological polar surface area (TPSA) is 67.6 Å². The van der Waals surface area contributed by atoms with Crippen molar-refractivity contribution >= 4 is 11.6 Å². The summed E-state index contributed by atoms with van der Waals surface area (Å²) >= 11 is 0. The fourth-order valence-electron chi connectivity index (χ4n) is 4.82. The van der Waals surface area contributed by atoms with Gasteiger partial charge in [0, 0.05) is 43.2 Å². The number of anilines is 1. The molecule has 0 aromatic heterocycles. The molecular formula is C23H20F5N3O2. The summed E-state index contributed by atoms with van der Waals surface area (Å²) in [7, 11) is 0. The molecule has 0 saturated carbocycles. The number of nitrogens with zero attached hydrogens (tertiary/aromatic N) is 3. The third kappa shape index (κ3) is 4.13. The predicted molar refractivity (Wildman–Crippen MR) is 108 cm³/mol. The van der Waals surface area contributed by atoms with E-state index < -0.39 is 45.8 Å². The predicted octanol–water partition coefficient (Wildman–Crippen LogP) is 3.82. The molecule has 2 aromatic carbocycles. The zero-order valence-corrected chi connectivity index (χ0v) is 17.4. The third-order valence-corrected chi connectivity index (χ3v) is 6.69. The van der Waals surface area contributed by atoms with Crippen molar-refractivity contribution in [3.05, 3.63) is 64.7 Å². The summed E-state index contributed by atoms with van der Waals surface area (Å²) in [5, 5.41) is 19.1. The number of nitriles is 1. The molecule has 2 saturated heterocycles. The van der Waals surface area contributed by atoms with Crippen molar-refractivity contribution < 1.29 is 31.9 Å². The number of hydrogen-bond donors (Lipinski definition) is 1. The zero-order chi connectivity index (χ0) is 24.0. The second-order valence-electron chi connectivity index (χ2n) is 8.56. The molecule has 10 heteroatoms. The number of piperidine rings is 1. The molecule has 1 amide bonds. The number of hydrogen-bond acceptors (Lipinski definition) is 4. The molecule has 0 spiro atoms. The van der Waals surface area contributed by atoms with Gasteiger partial charge < -0.3 is 14.9 Å². The standard InChI is InChI=1S/C23H20F5N3O2/c24-16-2-4-20(25)18(7-16)21(33)31-11-15-10-30(6-5-22(15,12-31)13-32)17-3-1-14(9-29)19(8-17)23(26,27)28/h1-4,7-8,15,32H,5-6,10-13H2/t15-,22+/m1/s1. The lowest BCUT2D eigenvalue weighted by Crippen LogP contribution is -2.49. The van der Waals surface area contributed by atoms with Crippen LogP contribution in [0.25, 0.3) is 0 Å². The van der Waals surface area contributed by atoms with Gasteiger partial charge in [-0.25, -0.2) is 8.78 Å². The lowest BCUT2D eigenvalue weighted by Gasteiger charge is -2.43. The zero-order valence-electron chi connectivity index (χ0n) is 17.4. The van der Waals surface area contributed by atoms with Gasteiger partial charge >= 0.3 is 6.18 Å². The Bertz CT molecular complexity index is 1130. The van der Waals surface area contributed by atoms with E-state index in [1.807, 2.05) is 0 Å². The Morgan fingerprint density at radius 2 is 1.94 bits per heavy atom. The number of amides is 1. The minimum atomic E-state index is -4.68. The van der Waals surface area contributed by atoms with E-state index in [0.717, 1.165) is 30.3 Å². The molecule has 2 aromatic rings. The summed E-state index contributed by atoms with van der Waals surface area (Å²) in [5.74, 6) is -2.59. The van der Waals surface area contributed by atoms with Gasteiger partial charge in [-0.2, -0.15) is 18.4 Å². The SMILES string of the molecule is N#Cc1ccc(N2CC[C@@]3(CO)CN(C(=O)c4cc(F)ccc4F)C[C@H]3C2)cc1C(F)(F)F. The molecule has 174 valence electrons. The van der Waals surface area contributed by atoms with Crippen LogP contribution < -0.4 is 4.90 Å². The van der Waals surface area contributed by atoms with Gasteiger partial charge in [-0.15, -0.1) is 0 Å². The monoisotopic (exact) mass is 465 g/mol. The van der Waals surface area contributed by atoms with E-state index in [4.69, 9.17) is 5.26 Å². The maximum Gasteiger partial charge on any atom is 0.417 e. The molecule has 5 nitrogen and oxygen atoms in total. The number of rotatable bonds is 3. The molecule has 2 aliphatic heterocycles. The van der Waals surface area contributed by atoms with Crippen molar-refractivity contribution in [2.45, 2.75) is 12.6 Å². The number of alkyl halides is 3. The lowest BCUT2D eigenvalue weighted by molar-refractivity contribution is -0.137. The molecule has 0 bridgehead atoms. The lowest BCUT2D eigenvalue weighted by atomic mass is 9.73. The van der Waals surface area contributed by atoms with Crippen LogP contribution in [0, 0.1) is 34.3 Å². The van der Waals surface area contributed by atoms with Crippen LogP contribution in [0.15, 0.2) is 36.4 Å². The molecule has 2 fully saturated rings. The van der Waals surface area contributed by atoms with Gasteiger partial charge in [0.15, 0.2) is 0 Å². The number of benzene rings is 2. The van der Waals surface area contributed by atoms with E-state index in [9.17, 15) is 31.9 Å². The first-order valence-corrected chi connectivity index (χ1v) is 10.3. The van der Waals surface area contributed by atoms with Gasteiger partial charge in [0.25, 0.3) is 5.91 Å². The van der Waals surface area contributed by atoms with E-state index in [2.05, 4.69) is 0 Å². The Labute approximate surface area is 186 Å². The van der Waals surface area contributed by atoms with E-state index in [-0.39, 0.29) is 37.8 Å². The highest BCUT2D eigenvalue weighted by molar-refractivity contribution is 5.94. The highest BCUT2D eigenvalue weighted by atomic mass is 19.4. The second kappa shape index (κ2) is 8.30. The summed E-state index contributed by atoms with van der Waals surface area (Å²) in [4.78, 5) is 16.0. The Morgan fingerprint density at radius 3 is 2.61 bits per heavy atom. The van der Waals surface area contributed by atoms with E-state index in [1.54, 1.807) is 11.0 Å². The van der Waals surface area contributed by atoms with Crippen molar-refractivity contribution in [1.29, 1.82) is 5.26 Å². The van der Waals surface area contributed by atoms with Crippen molar-refractivity contribution in [2.75, 3.05) is 37.7 Å². The van der Waals surface area contributed by atoms with Crippen LogP contribution in [0.3, 0.4) is 0 Å². The van der Waals surface area contributed by atoms with Crippen molar-refractivity contribution in [2.24, 2.45) is 11.3 Å². The number of aliphatic hydroxyl groups excluding tert-OH is 1. The van der Waals surface area contributed by atoms with Crippen LogP contribution in [0.4, 0.5) is 27.6 Å². The van der Waals surface area contributed by atoms with Crippen LogP contribution in [0.1, 0.15) is 27.9 Å². The number of aliphatic hydroxyl groups is 1. The van der Waals surface area contributed by atoms with E-state index in [0.29, 0.717) is 13.0 Å². The third-order valence-electron chi connectivity index (χ3n) is 6.69. The first kappa shape index (κ1) is 23.0. The number of carbonyl (C=O) groups is 1. The summed E-state index contributed by atoms with van der Waals surface area (Å²) in [6.07, 6.45) is -4.29. The summed E-state index contributed by atoms with van der Waals surface area (Å²) in [6.45, 7) is 0.629. The van der Waals surface area contributed by atoms with Crippen LogP contribution in [0.5, 0.6) is 0 Å². The second-order valence-corrected chi connectivity index (χ2v) is 8.56. The Morgan fingerprint density at radius 1 is 1.18 bits per heavy atom. The molecule has 2 atom stereocenters. The van der Waals surface area contributed by atoms with Gasteiger partial charge in [0.2, 0.25) is 0 Å². The van der Waals surface area contributed by atoms with Gasteiger partial charge in [-0.1, -0.05) is 0 Å². The Kier molecular flexibility index (Phi) is 5.78. The minimum Gasteiger partial charge on any atom is -0.396 e. The van der Waals surface area contributed by atoms with Crippen LogP contribution >= 0.6 is 0 Å². The first-order valence-electron chi connectivity index (χ1n) is 10.3. The highest BCUT2D eigenvalue weighted by Gasteiger charge is 2.50. The molecule has 0 unspecified atom stereocenters. The Balaban J connectivity index is 1.58. The van der Waals surface area contributed by atoms with Gasteiger partial charge in [-0.05, 0) is 42.8 Å². The summed E-state index contributed by atoms with van der Waals surface area (Å²) in [5.41, 5.74) is -2.29. The molecule has 2 aliphatic rings. The number of fused-ring (bicyclic) bond motifs is 1. The van der Waals surface area contributed by atoms with E-state index >= 15 is 0 Å². The molecule has 0 aliphatic carbocycles. The van der Waals surface area contributed by atoms with Gasteiger partial charge in [0.05, 0.1) is 29.4 Å². The molecule has 33 heavy (non-hydrogen) atoms. The molecule has 0 radical (unpaired) electrons. The quantitative estimate of drug-likeness (QED) is 0.700.